The van der Waals surface area contributed by atoms with Crippen LogP contribution in [0.15, 0.2) is 48.8 Å². The van der Waals surface area contributed by atoms with Crippen molar-refractivity contribution in [2.75, 3.05) is 4.90 Å². The van der Waals surface area contributed by atoms with E-state index in [1.807, 2.05) is 56.3 Å². The number of fused-ring (bicyclic) bond motifs is 1. The molecule has 4 rings (SSSR count). The molecule has 1 saturated heterocycles. The fraction of sp³-hybridized carbons (Fsp3) is 0.211. The third-order valence-corrected chi connectivity index (χ3v) is 4.53. The minimum atomic E-state index is -0.536. The second-order valence-electron chi connectivity index (χ2n) is 6.22. The molecule has 2 aromatic carbocycles. The van der Waals surface area contributed by atoms with Crippen molar-refractivity contribution < 1.29 is 9.59 Å². The predicted molar refractivity (Wildman–Crippen MR) is 91.8 cm³/mol. The van der Waals surface area contributed by atoms with E-state index in [1.165, 1.54) is 4.90 Å². The van der Waals surface area contributed by atoms with Crippen LogP contribution in [0, 0.1) is 13.8 Å². The largest absolute Gasteiger partial charge is 0.317 e. The minimum absolute atomic E-state index is 0.159. The predicted octanol–water partition coefficient (Wildman–Crippen LogP) is 3.16. The number of para-hydroxylation sites is 2. The zero-order valence-corrected chi connectivity index (χ0v) is 13.6. The molecule has 1 atom stereocenters. The van der Waals surface area contributed by atoms with Gasteiger partial charge in [-0.05, 0) is 37.6 Å². The number of nitrogens with zero attached hydrogens (tertiary/aromatic N) is 3. The number of aryl methyl sites for hydroxylation is 2. The maximum atomic E-state index is 13.0. The van der Waals surface area contributed by atoms with E-state index in [0.717, 1.165) is 22.2 Å². The molecular weight excluding hydrogens is 302 g/mol. The van der Waals surface area contributed by atoms with Gasteiger partial charge in [0.15, 0.2) is 0 Å². The number of anilines is 1. The summed E-state index contributed by atoms with van der Waals surface area (Å²) in [7, 11) is 0. The summed E-state index contributed by atoms with van der Waals surface area (Å²) in [6.45, 7) is 3.91. The van der Waals surface area contributed by atoms with Crippen LogP contribution in [0.5, 0.6) is 0 Å². The van der Waals surface area contributed by atoms with Crippen LogP contribution in [0.2, 0.25) is 0 Å². The third-order valence-electron chi connectivity index (χ3n) is 4.53. The fourth-order valence-corrected chi connectivity index (χ4v) is 3.37. The van der Waals surface area contributed by atoms with Gasteiger partial charge in [-0.3, -0.25) is 9.59 Å². The lowest BCUT2D eigenvalue weighted by atomic mass is 10.1. The van der Waals surface area contributed by atoms with Gasteiger partial charge in [-0.25, -0.2) is 9.88 Å². The van der Waals surface area contributed by atoms with Gasteiger partial charge in [-0.2, -0.15) is 0 Å². The van der Waals surface area contributed by atoms with Crippen LogP contribution in [0.3, 0.4) is 0 Å². The molecule has 1 aliphatic heterocycles. The first-order chi connectivity index (χ1) is 11.6. The first kappa shape index (κ1) is 14.6. The highest BCUT2D eigenvalue weighted by atomic mass is 16.2. The quantitative estimate of drug-likeness (QED) is 0.682. The summed E-state index contributed by atoms with van der Waals surface area (Å²) in [5.41, 5.74) is 4.39. The first-order valence-corrected chi connectivity index (χ1v) is 7.92. The molecule has 2 amide bonds. The van der Waals surface area contributed by atoms with E-state index in [9.17, 15) is 9.59 Å². The molecule has 0 N–H and O–H groups in total. The lowest BCUT2D eigenvalue weighted by molar-refractivity contribution is -0.122. The first-order valence-electron chi connectivity index (χ1n) is 7.92. The molecular formula is C19H17N3O2. The van der Waals surface area contributed by atoms with Crippen LogP contribution >= 0.6 is 0 Å². The number of rotatable bonds is 2. The summed E-state index contributed by atoms with van der Waals surface area (Å²) in [6, 6.07) is 12.8. The Balaban J connectivity index is 1.76. The van der Waals surface area contributed by atoms with E-state index in [4.69, 9.17) is 0 Å². The highest BCUT2D eigenvalue weighted by Crippen LogP contribution is 2.33. The van der Waals surface area contributed by atoms with E-state index < -0.39 is 6.04 Å². The standard InChI is InChI=1S/C19H17N3O2/c1-12-7-8-15(13(2)9-12)22-18(23)10-17(19(22)24)21-11-20-14-5-3-4-6-16(14)21/h3-9,11,17H,10H2,1-2H3/t17-/m0/s1. The number of imide groups is 1. The molecule has 0 bridgehead atoms. The second kappa shape index (κ2) is 5.30. The molecule has 1 aliphatic rings. The fourth-order valence-electron chi connectivity index (χ4n) is 3.37. The van der Waals surface area contributed by atoms with Gasteiger partial charge in [0.25, 0.3) is 5.91 Å². The number of carbonyl (C=O) groups is 2. The van der Waals surface area contributed by atoms with Crippen LogP contribution in [-0.2, 0) is 9.59 Å². The summed E-state index contributed by atoms with van der Waals surface area (Å²) < 4.78 is 1.80. The molecule has 120 valence electrons. The monoisotopic (exact) mass is 319 g/mol. The van der Waals surface area contributed by atoms with E-state index in [-0.39, 0.29) is 18.2 Å². The van der Waals surface area contributed by atoms with Crippen molar-refractivity contribution in [1.82, 2.24) is 9.55 Å². The van der Waals surface area contributed by atoms with Crippen molar-refractivity contribution in [2.45, 2.75) is 26.3 Å². The third kappa shape index (κ3) is 2.12. The maximum absolute atomic E-state index is 13.0. The van der Waals surface area contributed by atoms with E-state index in [1.54, 1.807) is 10.9 Å². The van der Waals surface area contributed by atoms with Crippen molar-refractivity contribution >= 4 is 28.5 Å². The number of benzene rings is 2. The molecule has 0 saturated carbocycles. The van der Waals surface area contributed by atoms with Gasteiger partial charge in [0.05, 0.1) is 29.5 Å². The molecule has 0 unspecified atom stereocenters. The maximum Gasteiger partial charge on any atom is 0.257 e. The van der Waals surface area contributed by atoms with Gasteiger partial charge in [-0.1, -0.05) is 29.8 Å². The number of hydrogen-bond acceptors (Lipinski definition) is 3. The van der Waals surface area contributed by atoms with Crippen LogP contribution < -0.4 is 4.90 Å². The smallest absolute Gasteiger partial charge is 0.257 e. The average Bonchev–Trinajstić information content (AvgIpc) is 3.10. The lowest BCUT2D eigenvalue weighted by Crippen LogP contribution is -2.31. The van der Waals surface area contributed by atoms with Gasteiger partial charge in [0, 0.05) is 0 Å². The molecule has 5 nitrogen and oxygen atoms in total. The van der Waals surface area contributed by atoms with Gasteiger partial charge in [-0.15, -0.1) is 0 Å². The van der Waals surface area contributed by atoms with Crippen molar-refractivity contribution in [3.8, 4) is 0 Å². The van der Waals surface area contributed by atoms with Gasteiger partial charge < -0.3 is 4.57 Å². The molecule has 1 fully saturated rings. The average molecular weight is 319 g/mol. The Bertz CT molecular complexity index is 974. The van der Waals surface area contributed by atoms with E-state index in [0.29, 0.717) is 5.69 Å². The highest BCUT2D eigenvalue weighted by molar-refractivity contribution is 6.22. The summed E-state index contributed by atoms with van der Waals surface area (Å²) in [5.74, 6) is -0.371. The second-order valence-corrected chi connectivity index (χ2v) is 6.22. The zero-order chi connectivity index (χ0) is 16.8. The molecule has 3 aromatic rings. The summed E-state index contributed by atoms with van der Waals surface area (Å²) >= 11 is 0. The highest BCUT2D eigenvalue weighted by Gasteiger charge is 2.41. The molecule has 0 spiro atoms. The zero-order valence-electron chi connectivity index (χ0n) is 13.6. The van der Waals surface area contributed by atoms with Crippen LogP contribution in [0.25, 0.3) is 11.0 Å². The summed E-state index contributed by atoms with van der Waals surface area (Å²) in [4.78, 5) is 31.1. The Morgan fingerprint density at radius 1 is 1.08 bits per heavy atom. The minimum Gasteiger partial charge on any atom is -0.317 e. The van der Waals surface area contributed by atoms with Gasteiger partial charge >= 0.3 is 0 Å². The SMILES string of the molecule is Cc1ccc(N2C(=O)C[C@H](n3cnc4ccccc43)C2=O)c(C)c1. The van der Waals surface area contributed by atoms with Crippen molar-refractivity contribution in [2.24, 2.45) is 0 Å². The van der Waals surface area contributed by atoms with Gasteiger partial charge in [0.2, 0.25) is 5.91 Å². The van der Waals surface area contributed by atoms with Crippen molar-refractivity contribution in [1.29, 1.82) is 0 Å². The Kier molecular flexibility index (Phi) is 3.23. The molecule has 5 heteroatoms. The van der Waals surface area contributed by atoms with Crippen molar-refractivity contribution in [3.63, 3.8) is 0 Å². The van der Waals surface area contributed by atoms with Crippen LogP contribution in [0.4, 0.5) is 5.69 Å². The number of carbonyl (C=O) groups excluding carboxylic acids is 2. The Morgan fingerprint density at radius 2 is 1.88 bits per heavy atom. The topological polar surface area (TPSA) is 55.2 Å². The summed E-state index contributed by atoms with van der Waals surface area (Å²) in [5, 5.41) is 0. The molecule has 2 heterocycles. The lowest BCUT2D eigenvalue weighted by Gasteiger charge is -2.18. The van der Waals surface area contributed by atoms with Gasteiger partial charge in [0.1, 0.15) is 6.04 Å². The van der Waals surface area contributed by atoms with Crippen molar-refractivity contribution in [3.05, 3.63) is 59.9 Å². The Morgan fingerprint density at radius 3 is 2.67 bits per heavy atom. The van der Waals surface area contributed by atoms with E-state index >= 15 is 0 Å². The molecule has 0 aliphatic carbocycles. The summed E-state index contributed by atoms with van der Waals surface area (Å²) in [6.07, 6.45) is 1.80. The number of amides is 2. The Hall–Kier alpha value is -2.95. The van der Waals surface area contributed by atoms with Crippen LogP contribution in [0.1, 0.15) is 23.6 Å². The normalized spacial score (nSPS) is 17.9. The molecule has 1 aromatic heterocycles. The van der Waals surface area contributed by atoms with Crippen LogP contribution in [-0.4, -0.2) is 21.4 Å². The number of imidazole rings is 1. The van der Waals surface area contributed by atoms with E-state index in [2.05, 4.69) is 4.98 Å². The number of aromatic nitrogens is 2. The molecule has 0 radical (unpaired) electrons. The Labute approximate surface area is 139 Å². The number of hydrogen-bond donors (Lipinski definition) is 0. The molecule has 24 heavy (non-hydrogen) atoms.